The van der Waals surface area contributed by atoms with Crippen molar-refractivity contribution in [3.63, 3.8) is 0 Å². The van der Waals surface area contributed by atoms with Crippen molar-refractivity contribution in [3.05, 3.63) is 64.5 Å². The molecule has 2 aliphatic rings. The third-order valence-electron chi connectivity index (χ3n) is 8.93. The van der Waals surface area contributed by atoms with Crippen molar-refractivity contribution >= 4 is 44.8 Å². The van der Waals surface area contributed by atoms with E-state index in [-0.39, 0.29) is 5.91 Å². The van der Waals surface area contributed by atoms with Crippen molar-refractivity contribution < 1.29 is 24.2 Å². The number of amides is 1. The summed E-state index contributed by atoms with van der Waals surface area (Å²) in [5.41, 5.74) is 7.52. The fourth-order valence-corrected chi connectivity index (χ4v) is 7.67. The van der Waals surface area contributed by atoms with E-state index in [2.05, 4.69) is 27.7 Å². The second kappa shape index (κ2) is 12.4. The molecule has 6 rings (SSSR count). The van der Waals surface area contributed by atoms with Crippen LogP contribution in [0.1, 0.15) is 65.7 Å². The van der Waals surface area contributed by atoms with Gasteiger partial charge in [0.05, 0.1) is 29.1 Å². The molecular weight excluding hydrogens is 562 g/mol. The second-order valence-electron chi connectivity index (χ2n) is 11.6. The van der Waals surface area contributed by atoms with Crippen LogP contribution < -0.4 is 14.5 Å². The van der Waals surface area contributed by atoms with Crippen molar-refractivity contribution in [2.75, 3.05) is 43.2 Å². The Labute approximate surface area is 256 Å². The molecule has 1 N–H and O–H groups in total. The van der Waals surface area contributed by atoms with E-state index in [1.165, 1.54) is 41.9 Å². The molecule has 2 fully saturated rings. The fraction of sp³-hybridized carbons (Fsp3) is 0.412. The Morgan fingerprint density at radius 1 is 1.05 bits per heavy atom. The number of aromatic nitrogens is 1. The summed E-state index contributed by atoms with van der Waals surface area (Å²) < 4.78 is 15.2. The number of carboxylic acid groups (broad SMARTS) is 1. The first-order valence-corrected chi connectivity index (χ1v) is 15.9. The molecule has 0 unspecified atom stereocenters. The minimum Gasteiger partial charge on any atom is -0.489 e. The van der Waals surface area contributed by atoms with E-state index in [0.29, 0.717) is 30.6 Å². The Hall–Kier alpha value is -3.82. The topological polar surface area (TPSA) is 84.2 Å². The molecule has 8 nitrogen and oxygen atoms in total. The highest BCUT2D eigenvalue weighted by Gasteiger charge is 2.28. The number of ether oxygens (including phenoxy) is 2. The SMILES string of the molecule is CC(=O)N(C)c1ccc(N2CCOCC2)c(COc2ccc(-c3c(C4CCCCC4)c4sc(C(=O)O)cc4n3C)cc2)c1. The largest absolute Gasteiger partial charge is 0.489 e. The number of aromatic carboxylic acids is 1. The van der Waals surface area contributed by atoms with Crippen LogP contribution in [0.4, 0.5) is 11.4 Å². The fourth-order valence-electron chi connectivity index (χ4n) is 6.52. The minimum absolute atomic E-state index is 0.0195. The highest BCUT2D eigenvalue weighted by atomic mass is 32.1. The number of nitrogens with zero attached hydrogens (tertiary/aromatic N) is 3. The molecule has 2 aromatic carbocycles. The molecule has 43 heavy (non-hydrogen) atoms. The van der Waals surface area contributed by atoms with Gasteiger partial charge in [-0.1, -0.05) is 19.3 Å². The second-order valence-corrected chi connectivity index (χ2v) is 12.6. The van der Waals surface area contributed by atoms with Gasteiger partial charge < -0.3 is 28.9 Å². The van der Waals surface area contributed by atoms with Gasteiger partial charge in [0.1, 0.15) is 17.2 Å². The van der Waals surface area contributed by atoms with Gasteiger partial charge >= 0.3 is 5.97 Å². The van der Waals surface area contributed by atoms with Gasteiger partial charge in [0.2, 0.25) is 5.91 Å². The van der Waals surface area contributed by atoms with Crippen molar-refractivity contribution in [2.24, 2.45) is 7.05 Å². The van der Waals surface area contributed by atoms with E-state index in [1.807, 2.05) is 37.4 Å². The normalized spacial score (nSPS) is 16.0. The number of aryl methyl sites for hydroxylation is 1. The summed E-state index contributed by atoms with van der Waals surface area (Å²) in [4.78, 5) is 28.2. The number of carbonyl (C=O) groups is 2. The van der Waals surface area contributed by atoms with Crippen LogP contribution in [-0.4, -0.2) is 54.9 Å². The summed E-state index contributed by atoms with van der Waals surface area (Å²) in [5, 5.41) is 9.67. The van der Waals surface area contributed by atoms with Gasteiger partial charge in [-0.2, -0.15) is 0 Å². The van der Waals surface area contributed by atoms with Crippen LogP contribution in [-0.2, 0) is 23.2 Å². The molecule has 226 valence electrons. The number of morpholine rings is 1. The number of hydrogen-bond donors (Lipinski definition) is 1. The van der Waals surface area contributed by atoms with Gasteiger partial charge in [-0.25, -0.2) is 4.79 Å². The van der Waals surface area contributed by atoms with E-state index in [1.54, 1.807) is 18.9 Å². The maximum absolute atomic E-state index is 12.0. The van der Waals surface area contributed by atoms with Gasteiger partial charge in [0.15, 0.2) is 0 Å². The maximum Gasteiger partial charge on any atom is 0.345 e. The molecule has 1 aliphatic carbocycles. The van der Waals surface area contributed by atoms with Gasteiger partial charge in [-0.3, -0.25) is 4.79 Å². The number of rotatable bonds is 8. The Balaban J connectivity index is 1.29. The molecule has 0 spiro atoms. The predicted molar refractivity (Wildman–Crippen MR) is 172 cm³/mol. The molecule has 1 saturated heterocycles. The van der Waals surface area contributed by atoms with Crippen LogP contribution in [0.3, 0.4) is 0 Å². The molecule has 2 aromatic heterocycles. The van der Waals surface area contributed by atoms with E-state index < -0.39 is 5.97 Å². The average molecular weight is 602 g/mol. The Kier molecular flexibility index (Phi) is 8.45. The number of hydrogen-bond acceptors (Lipinski definition) is 6. The zero-order valence-electron chi connectivity index (χ0n) is 25.1. The lowest BCUT2D eigenvalue weighted by Gasteiger charge is -2.31. The number of benzene rings is 2. The van der Waals surface area contributed by atoms with Gasteiger partial charge in [0.25, 0.3) is 0 Å². The summed E-state index contributed by atoms with van der Waals surface area (Å²) in [6.07, 6.45) is 5.95. The number of anilines is 2. The Morgan fingerprint density at radius 2 is 1.77 bits per heavy atom. The zero-order valence-corrected chi connectivity index (χ0v) is 25.9. The molecule has 1 amide bonds. The number of fused-ring (bicyclic) bond motifs is 1. The van der Waals surface area contributed by atoms with Crippen molar-refractivity contribution in [1.82, 2.24) is 4.57 Å². The molecule has 3 heterocycles. The van der Waals surface area contributed by atoms with Crippen LogP contribution in [0.5, 0.6) is 5.75 Å². The van der Waals surface area contributed by atoms with Crippen molar-refractivity contribution in [3.8, 4) is 17.0 Å². The Bertz CT molecular complexity index is 1630. The van der Waals surface area contributed by atoms with Gasteiger partial charge in [0, 0.05) is 51.0 Å². The van der Waals surface area contributed by atoms with E-state index in [9.17, 15) is 14.7 Å². The van der Waals surface area contributed by atoms with Crippen LogP contribution in [0, 0.1) is 0 Å². The highest BCUT2D eigenvalue weighted by molar-refractivity contribution is 7.21. The van der Waals surface area contributed by atoms with Crippen LogP contribution in [0.15, 0.2) is 48.5 Å². The lowest BCUT2D eigenvalue weighted by atomic mass is 9.83. The molecule has 4 aromatic rings. The summed E-state index contributed by atoms with van der Waals surface area (Å²) in [5.74, 6) is 0.316. The van der Waals surface area contributed by atoms with Crippen LogP contribution >= 0.6 is 11.3 Å². The molecule has 0 radical (unpaired) electrons. The number of carboxylic acids is 1. The number of carbonyl (C=O) groups excluding carboxylic acids is 1. The van der Waals surface area contributed by atoms with E-state index in [0.717, 1.165) is 64.4 Å². The van der Waals surface area contributed by atoms with Crippen LogP contribution in [0.25, 0.3) is 21.5 Å². The van der Waals surface area contributed by atoms with E-state index >= 15 is 0 Å². The molecule has 0 bridgehead atoms. The molecule has 1 saturated carbocycles. The van der Waals surface area contributed by atoms with E-state index in [4.69, 9.17) is 9.47 Å². The molecular formula is C34H39N3O5S. The summed E-state index contributed by atoms with van der Waals surface area (Å²) >= 11 is 1.40. The third-order valence-corrected chi connectivity index (χ3v) is 10.1. The average Bonchev–Trinajstić information content (AvgIpc) is 3.59. The summed E-state index contributed by atoms with van der Waals surface area (Å²) in [6.45, 7) is 4.94. The first-order chi connectivity index (χ1) is 20.8. The van der Waals surface area contributed by atoms with Crippen molar-refractivity contribution in [1.29, 1.82) is 0 Å². The highest BCUT2D eigenvalue weighted by Crippen LogP contribution is 2.46. The predicted octanol–water partition coefficient (Wildman–Crippen LogP) is 7.05. The first kappa shape index (κ1) is 29.3. The maximum atomic E-state index is 12.0. The monoisotopic (exact) mass is 601 g/mol. The van der Waals surface area contributed by atoms with Crippen molar-refractivity contribution in [2.45, 2.75) is 51.6 Å². The zero-order chi connectivity index (χ0) is 30.1. The third kappa shape index (κ3) is 5.88. The summed E-state index contributed by atoms with van der Waals surface area (Å²) in [6, 6.07) is 16.2. The molecule has 0 atom stereocenters. The van der Waals surface area contributed by atoms with Gasteiger partial charge in [-0.15, -0.1) is 11.3 Å². The quantitative estimate of drug-likeness (QED) is 0.233. The number of thiophene rings is 1. The summed E-state index contributed by atoms with van der Waals surface area (Å²) in [7, 11) is 3.83. The lowest BCUT2D eigenvalue weighted by Crippen LogP contribution is -2.37. The molecule has 9 heteroatoms. The standard InChI is InChI=1S/C34H39N3O5S/c1-22(38)35(2)26-11-14-28(37-15-17-41-18-16-37)25(19-26)21-42-27-12-9-24(10-13-27)32-31(23-7-5-4-6-8-23)33-29(36(32)3)20-30(43-33)34(39)40/h9-14,19-20,23H,4-8,15-18,21H2,1-3H3,(H,39,40). The minimum atomic E-state index is -0.867. The first-order valence-electron chi connectivity index (χ1n) is 15.1. The smallest absolute Gasteiger partial charge is 0.345 e. The molecule has 1 aliphatic heterocycles. The Morgan fingerprint density at radius 3 is 2.44 bits per heavy atom. The van der Waals surface area contributed by atoms with Gasteiger partial charge in [-0.05, 0) is 78.4 Å². The lowest BCUT2D eigenvalue weighted by molar-refractivity contribution is -0.116. The van der Waals surface area contributed by atoms with Crippen LogP contribution in [0.2, 0.25) is 0 Å².